The van der Waals surface area contributed by atoms with Gasteiger partial charge in [0.25, 0.3) is 0 Å². The number of nitrogens with zero attached hydrogens (tertiary/aromatic N) is 1. The van der Waals surface area contributed by atoms with Gasteiger partial charge in [0.1, 0.15) is 10.9 Å². The second-order valence-corrected chi connectivity index (χ2v) is 6.07. The van der Waals surface area contributed by atoms with E-state index < -0.39 is 6.10 Å². The Bertz CT molecular complexity index is 591. The Kier molecular flexibility index (Phi) is 5.11. The van der Waals surface area contributed by atoms with Crippen molar-refractivity contribution in [2.45, 2.75) is 12.6 Å². The highest BCUT2D eigenvalue weighted by Gasteiger charge is 2.10. The van der Waals surface area contributed by atoms with Crippen molar-refractivity contribution in [3.05, 3.63) is 56.2 Å². The molecular formula is C14H13BrN2OS. The molecule has 1 heterocycles. The number of halogens is 1. The number of nitriles is 1. The van der Waals surface area contributed by atoms with Gasteiger partial charge in [-0.05, 0) is 23.8 Å². The molecule has 2 N–H and O–H groups in total. The molecular weight excluding hydrogens is 324 g/mol. The molecule has 2 rings (SSSR count). The largest absolute Gasteiger partial charge is 0.387 e. The van der Waals surface area contributed by atoms with Gasteiger partial charge in [0.05, 0.1) is 6.10 Å². The van der Waals surface area contributed by atoms with Crippen LogP contribution in [0.3, 0.4) is 0 Å². The molecule has 0 bridgehead atoms. The fraction of sp³-hybridized carbons (Fsp3) is 0.214. The lowest BCUT2D eigenvalue weighted by molar-refractivity contribution is 0.173. The molecule has 0 saturated heterocycles. The van der Waals surface area contributed by atoms with Crippen molar-refractivity contribution in [3.8, 4) is 6.07 Å². The smallest absolute Gasteiger partial charge is 0.110 e. The zero-order valence-corrected chi connectivity index (χ0v) is 12.5. The summed E-state index contributed by atoms with van der Waals surface area (Å²) in [4.78, 5) is 1.80. The topological polar surface area (TPSA) is 56.0 Å². The summed E-state index contributed by atoms with van der Waals surface area (Å²) in [7, 11) is 0. The highest BCUT2D eigenvalue weighted by Crippen LogP contribution is 2.22. The van der Waals surface area contributed by atoms with Crippen LogP contribution >= 0.6 is 27.3 Å². The van der Waals surface area contributed by atoms with Crippen molar-refractivity contribution in [3.63, 3.8) is 0 Å². The van der Waals surface area contributed by atoms with E-state index in [1.165, 1.54) is 11.3 Å². The van der Waals surface area contributed by atoms with Crippen LogP contribution in [0, 0.1) is 11.3 Å². The van der Waals surface area contributed by atoms with Crippen molar-refractivity contribution < 1.29 is 5.11 Å². The number of hydrogen-bond acceptors (Lipinski definition) is 4. The van der Waals surface area contributed by atoms with E-state index in [0.717, 1.165) is 14.9 Å². The maximum atomic E-state index is 10.1. The van der Waals surface area contributed by atoms with Crippen LogP contribution in [-0.4, -0.2) is 11.7 Å². The summed E-state index contributed by atoms with van der Waals surface area (Å²) in [6.07, 6.45) is -0.550. The van der Waals surface area contributed by atoms with Gasteiger partial charge in [-0.1, -0.05) is 34.1 Å². The van der Waals surface area contributed by atoms with Crippen LogP contribution in [0.15, 0.2) is 40.9 Å². The van der Waals surface area contributed by atoms with Crippen LogP contribution in [0.2, 0.25) is 0 Å². The molecule has 1 aromatic carbocycles. The van der Waals surface area contributed by atoms with E-state index in [2.05, 4.69) is 27.3 Å². The number of aliphatic hydroxyl groups is 1. The normalized spacial score (nSPS) is 12.1. The third-order valence-corrected chi connectivity index (χ3v) is 4.39. The van der Waals surface area contributed by atoms with E-state index in [-0.39, 0.29) is 0 Å². The Morgan fingerprint density at radius 2 is 2.11 bits per heavy atom. The molecule has 5 heteroatoms. The minimum Gasteiger partial charge on any atom is -0.387 e. The molecule has 0 fully saturated rings. The predicted molar refractivity (Wildman–Crippen MR) is 79.8 cm³/mol. The van der Waals surface area contributed by atoms with Crippen molar-refractivity contribution in [1.82, 2.24) is 5.32 Å². The summed E-state index contributed by atoms with van der Waals surface area (Å²) in [5.41, 5.74) is 0.874. The van der Waals surface area contributed by atoms with E-state index in [1.54, 1.807) is 0 Å². The van der Waals surface area contributed by atoms with Gasteiger partial charge in [0.2, 0.25) is 0 Å². The standard InChI is InChI=1S/C14H13BrN2OS/c15-13-4-2-1-3-12(13)14(18)9-17-8-11-6-5-10(7-16)19-11/h1-6,14,17-18H,8-9H2. The predicted octanol–water partition coefficient (Wildman–Crippen LogP) is 3.21. The van der Waals surface area contributed by atoms with Crippen molar-refractivity contribution in [2.75, 3.05) is 6.54 Å². The van der Waals surface area contributed by atoms with E-state index in [4.69, 9.17) is 5.26 Å². The summed E-state index contributed by atoms with van der Waals surface area (Å²) < 4.78 is 0.909. The average Bonchev–Trinajstić information content (AvgIpc) is 2.87. The molecule has 0 radical (unpaired) electrons. The highest BCUT2D eigenvalue weighted by atomic mass is 79.9. The number of thiophene rings is 1. The molecule has 0 saturated carbocycles. The van der Waals surface area contributed by atoms with Gasteiger partial charge in [-0.25, -0.2) is 0 Å². The van der Waals surface area contributed by atoms with E-state index >= 15 is 0 Å². The number of rotatable bonds is 5. The average molecular weight is 337 g/mol. The molecule has 0 spiro atoms. The molecule has 1 atom stereocenters. The van der Waals surface area contributed by atoms with Crippen LogP contribution in [0.4, 0.5) is 0 Å². The number of benzene rings is 1. The molecule has 0 aliphatic carbocycles. The summed E-state index contributed by atoms with van der Waals surface area (Å²) in [5, 5.41) is 22.0. The van der Waals surface area contributed by atoms with Crippen LogP contribution in [0.5, 0.6) is 0 Å². The molecule has 1 unspecified atom stereocenters. The highest BCUT2D eigenvalue weighted by molar-refractivity contribution is 9.10. The first kappa shape index (κ1) is 14.2. The minimum atomic E-state index is -0.550. The van der Waals surface area contributed by atoms with Crippen molar-refractivity contribution in [2.24, 2.45) is 0 Å². The first-order valence-electron chi connectivity index (χ1n) is 5.82. The van der Waals surface area contributed by atoms with Crippen molar-refractivity contribution in [1.29, 1.82) is 5.26 Å². The quantitative estimate of drug-likeness (QED) is 0.881. The van der Waals surface area contributed by atoms with Crippen LogP contribution in [0.1, 0.15) is 21.4 Å². The van der Waals surface area contributed by atoms with Gasteiger partial charge >= 0.3 is 0 Å². The zero-order chi connectivity index (χ0) is 13.7. The van der Waals surface area contributed by atoms with E-state index in [1.807, 2.05) is 36.4 Å². The maximum Gasteiger partial charge on any atom is 0.110 e. The van der Waals surface area contributed by atoms with Crippen LogP contribution in [0.25, 0.3) is 0 Å². The zero-order valence-electron chi connectivity index (χ0n) is 10.1. The number of nitrogens with one attached hydrogen (secondary N) is 1. The molecule has 98 valence electrons. The fourth-order valence-corrected chi connectivity index (χ4v) is 3.04. The summed E-state index contributed by atoms with van der Waals surface area (Å²) in [6.45, 7) is 1.14. The Labute approximate surface area is 124 Å². The molecule has 0 aliphatic rings. The lowest BCUT2D eigenvalue weighted by Crippen LogP contribution is -2.20. The Balaban J connectivity index is 1.86. The maximum absolute atomic E-state index is 10.1. The summed E-state index contributed by atoms with van der Waals surface area (Å²) in [5.74, 6) is 0. The van der Waals surface area contributed by atoms with E-state index in [0.29, 0.717) is 18.0 Å². The fourth-order valence-electron chi connectivity index (χ4n) is 1.72. The lowest BCUT2D eigenvalue weighted by atomic mass is 10.1. The summed E-state index contributed by atoms with van der Waals surface area (Å²) in [6, 6.07) is 13.5. The van der Waals surface area contributed by atoms with Gasteiger partial charge in [0.15, 0.2) is 0 Å². The van der Waals surface area contributed by atoms with Gasteiger partial charge in [-0.15, -0.1) is 11.3 Å². The van der Waals surface area contributed by atoms with E-state index in [9.17, 15) is 5.11 Å². The Morgan fingerprint density at radius 3 is 2.79 bits per heavy atom. The minimum absolute atomic E-state index is 0.475. The first-order valence-corrected chi connectivity index (χ1v) is 7.43. The van der Waals surface area contributed by atoms with Gasteiger partial charge in [-0.3, -0.25) is 0 Å². The summed E-state index contributed by atoms with van der Waals surface area (Å²) >= 11 is 4.89. The second-order valence-electron chi connectivity index (χ2n) is 4.05. The second kappa shape index (κ2) is 6.83. The lowest BCUT2D eigenvalue weighted by Gasteiger charge is -2.13. The molecule has 19 heavy (non-hydrogen) atoms. The first-order chi connectivity index (χ1) is 9.20. The molecule has 1 aromatic heterocycles. The molecule has 0 aliphatic heterocycles. The van der Waals surface area contributed by atoms with Gasteiger partial charge < -0.3 is 10.4 Å². The van der Waals surface area contributed by atoms with Gasteiger partial charge in [0, 0.05) is 22.4 Å². The molecule has 3 nitrogen and oxygen atoms in total. The van der Waals surface area contributed by atoms with Crippen LogP contribution in [-0.2, 0) is 6.54 Å². The van der Waals surface area contributed by atoms with Gasteiger partial charge in [-0.2, -0.15) is 5.26 Å². The SMILES string of the molecule is N#Cc1ccc(CNCC(O)c2ccccc2Br)s1. The Hall–Kier alpha value is -1.19. The molecule has 2 aromatic rings. The third kappa shape index (κ3) is 3.88. The Morgan fingerprint density at radius 1 is 1.32 bits per heavy atom. The third-order valence-electron chi connectivity index (χ3n) is 2.67. The monoisotopic (exact) mass is 336 g/mol. The number of aliphatic hydroxyl groups excluding tert-OH is 1. The van der Waals surface area contributed by atoms with Crippen molar-refractivity contribution >= 4 is 27.3 Å². The van der Waals surface area contributed by atoms with Crippen LogP contribution < -0.4 is 5.32 Å². The number of hydrogen-bond donors (Lipinski definition) is 2. The molecule has 0 amide bonds.